The van der Waals surface area contributed by atoms with Gasteiger partial charge in [-0.25, -0.2) is 17.9 Å². The van der Waals surface area contributed by atoms with Crippen LogP contribution >= 0.6 is 23.2 Å². The first kappa shape index (κ1) is 19.7. The summed E-state index contributed by atoms with van der Waals surface area (Å²) in [7, 11) is -2.66. The van der Waals surface area contributed by atoms with Crippen molar-refractivity contribution < 1.29 is 27.5 Å². The Bertz CT molecular complexity index is 865. The minimum absolute atomic E-state index is 0.268. The Morgan fingerprint density at radius 2 is 2.04 bits per heavy atom. The van der Waals surface area contributed by atoms with Gasteiger partial charge in [-0.15, -0.1) is 0 Å². The van der Waals surface area contributed by atoms with Gasteiger partial charge in [0.15, 0.2) is 0 Å². The normalized spacial score (nSPS) is 12.9. The number of ether oxygens (including phenoxy) is 1. The lowest BCUT2D eigenvalue weighted by Gasteiger charge is -2.19. The summed E-state index contributed by atoms with van der Waals surface area (Å²) in [5.74, 6) is -2.14. The Morgan fingerprint density at radius 3 is 2.64 bits per heavy atom. The van der Waals surface area contributed by atoms with Crippen molar-refractivity contribution in [1.29, 1.82) is 0 Å². The van der Waals surface area contributed by atoms with E-state index >= 15 is 0 Å². The summed E-state index contributed by atoms with van der Waals surface area (Å²) in [6.07, 6.45) is 1.30. The average Bonchev–Trinajstić information content (AvgIpc) is 3.05. The number of aromatic carboxylic acids is 1. The minimum atomic E-state index is -4.15. The predicted molar refractivity (Wildman–Crippen MR) is 91.7 cm³/mol. The summed E-state index contributed by atoms with van der Waals surface area (Å²) < 4.78 is 37.4. The molecular formula is C15H15Cl2NO6S. The largest absolute Gasteiger partial charge is 0.475 e. The van der Waals surface area contributed by atoms with Crippen LogP contribution in [0.25, 0.3) is 0 Å². The van der Waals surface area contributed by atoms with Crippen LogP contribution in [0.1, 0.15) is 28.6 Å². The second-order valence-electron chi connectivity index (χ2n) is 5.05. The molecule has 2 N–H and O–H groups in total. The zero-order valence-corrected chi connectivity index (χ0v) is 15.4. The molecule has 1 atom stereocenters. The summed E-state index contributed by atoms with van der Waals surface area (Å²) in [4.78, 5) is 10.6. The van der Waals surface area contributed by atoms with Gasteiger partial charge in [-0.3, -0.25) is 0 Å². The molecule has 7 nitrogen and oxygen atoms in total. The van der Waals surface area contributed by atoms with Gasteiger partial charge in [0.05, 0.1) is 16.3 Å². The van der Waals surface area contributed by atoms with Gasteiger partial charge in [0.2, 0.25) is 15.8 Å². The molecule has 136 valence electrons. The number of nitrogens with one attached hydrogen (secondary N) is 1. The van der Waals surface area contributed by atoms with Crippen LogP contribution in [0.2, 0.25) is 10.0 Å². The van der Waals surface area contributed by atoms with E-state index in [0.717, 1.165) is 12.3 Å². The SMILES string of the molecule is COCCC(NS(=O)(=O)c1ccoc1C(=O)O)c1ccc(Cl)c(Cl)c1. The van der Waals surface area contributed by atoms with Crippen LogP contribution in [0.15, 0.2) is 39.8 Å². The number of carboxylic acids is 1. The monoisotopic (exact) mass is 407 g/mol. The van der Waals surface area contributed by atoms with E-state index in [0.29, 0.717) is 17.0 Å². The first-order chi connectivity index (χ1) is 11.8. The molecule has 0 aliphatic carbocycles. The molecule has 2 rings (SSSR count). The zero-order chi connectivity index (χ0) is 18.6. The lowest BCUT2D eigenvalue weighted by molar-refractivity contribution is 0.0656. The van der Waals surface area contributed by atoms with Crippen LogP contribution in [-0.4, -0.2) is 33.2 Å². The molecule has 0 bridgehead atoms. The first-order valence-corrected chi connectivity index (χ1v) is 9.27. The summed E-state index contributed by atoms with van der Waals surface area (Å²) in [5.41, 5.74) is 0.565. The summed E-state index contributed by atoms with van der Waals surface area (Å²) in [6, 6.07) is 5.10. The molecule has 25 heavy (non-hydrogen) atoms. The summed E-state index contributed by atoms with van der Waals surface area (Å²) in [5, 5.41) is 9.65. The fourth-order valence-corrected chi connectivity index (χ4v) is 3.85. The maximum absolute atomic E-state index is 12.6. The molecule has 0 saturated carbocycles. The molecule has 1 aromatic heterocycles. The number of halogens is 2. The molecule has 0 aliphatic rings. The van der Waals surface area contributed by atoms with Gasteiger partial charge < -0.3 is 14.3 Å². The van der Waals surface area contributed by atoms with Crippen LogP contribution in [0, 0.1) is 0 Å². The van der Waals surface area contributed by atoms with E-state index in [9.17, 15) is 13.2 Å². The lowest BCUT2D eigenvalue weighted by atomic mass is 10.1. The Labute approximate surface area is 154 Å². The lowest BCUT2D eigenvalue weighted by Crippen LogP contribution is -2.30. The standard InChI is InChI=1S/C15H15Cl2NO6S/c1-23-6-4-12(9-2-3-10(16)11(17)8-9)18-25(21,22)13-5-7-24-14(13)15(19)20/h2-3,5,7-8,12,18H,4,6H2,1H3,(H,19,20). The van der Waals surface area contributed by atoms with Gasteiger partial charge in [-0.1, -0.05) is 29.3 Å². The molecule has 2 aromatic rings. The molecule has 10 heteroatoms. The van der Waals surface area contributed by atoms with E-state index in [1.807, 2.05) is 0 Å². The molecule has 0 amide bonds. The molecule has 1 aromatic carbocycles. The molecule has 0 spiro atoms. The fraction of sp³-hybridized carbons (Fsp3) is 0.267. The number of sulfonamides is 1. The van der Waals surface area contributed by atoms with E-state index in [2.05, 4.69) is 4.72 Å². The van der Waals surface area contributed by atoms with Gasteiger partial charge in [0.25, 0.3) is 0 Å². The van der Waals surface area contributed by atoms with E-state index in [-0.39, 0.29) is 11.6 Å². The number of carbonyl (C=O) groups is 1. The maximum atomic E-state index is 12.6. The zero-order valence-electron chi connectivity index (χ0n) is 13.0. The molecule has 0 radical (unpaired) electrons. The number of methoxy groups -OCH3 is 1. The second-order valence-corrected chi connectivity index (χ2v) is 7.54. The highest BCUT2D eigenvalue weighted by atomic mass is 35.5. The number of hydrogen-bond donors (Lipinski definition) is 2. The Hall–Kier alpha value is -1.58. The Morgan fingerprint density at radius 1 is 1.32 bits per heavy atom. The van der Waals surface area contributed by atoms with Crippen molar-refractivity contribution in [2.24, 2.45) is 0 Å². The van der Waals surface area contributed by atoms with Crippen LogP contribution in [0.4, 0.5) is 0 Å². The van der Waals surface area contributed by atoms with Gasteiger partial charge in [0.1, 0.15) is 4.90 Å². The van der Waals surface area contributed by atoms with Crippen molar-refractivity contribution in [2.45, 2.75) is 17.4 Å². The molecular weight excluding hydrogens is 393 g/mol. The Kier molecular flexibility index (Phi) is 6.47. The van der Waals surface area contributed by atoms with Crippen LogP contribution < -0.4 is 4.72 Å². The molecule has 1 heterocycles. The van der Waals surface area contributed by atoms with Crippen molar-refractivity contribution in [3.05, 3.63) is 51.9 Å². The Balaban J connectivity index is 2.36. The smallest absolute Gasteiger partial charge is 0.373 e. The van der Waals surface area contributed by atoms with Crippen molar-refractivity contribution in [3.8, 4) is 0 Å². The van der Waals surface area contributed by atoms with E-state index in [1.165, 1.54) is 7.11 Å². The van der Waals surface area contributed by atoms with Gasteiger partial charge in [0, 0.05) is 19.8 Å². The van der Waals surface area contributed by atoms with E-state index in [4.69, 9.17) is 37.5 Å². The number of rotatable bonds is 8. The summed E-state index contributed by atoms with van der Waals surface area (Å²) in [6.45, 7) is 0.268. The number of hydrogen-bond acceptors (Lipinski definition) is 5. The number of benzene rings is 1. The number of carboxylic acid groups (broad SMARTS) is 1. The van der Waals surface area contributed by atoms with E-state index in [1.54, 1.807) is 18.2 Å². The van der Waals surface area contributed by atoms with Crippen molar-refractivity contribution in [2.75, 3.05) is 13.7 Å². The molecule has 0 aliphatic heterocycles. The third-order valence-corrected chi connectivity index (χ3v) is 5.60. The van der Waals surface area contributed by atoms with Gasteiger partial charge in [-0.2, -0.15) is 0 Å². The van der Waals surface area contributed by atoms with Crippen molar-refractivity contribution in [3.63, 3.8) is 0 Å². The predicted octanol–water partition coefficient (Wildman–Crippen LogP) is 3.34. The quantitative estimate of drug-likeness (QED) is 0.694. The first-order valence-electron chi connectivity index (χ1n) is 7.03. The molecule has 0 fully saturated rings. The van der Waals surface area contributed by atoms with E-state index < -0.39 is 32.7 Å². The van der Waals surface area contributed by atoms with Crippen LogP contribution in [-0.2, 0) is 14.8 Å². The van der Waals surface area contributed by atoms with Crippen LogP contribution in [0.5, 0.6) is 0 Å². The van der Waals surface area contributed by atoms with Gasteiger partial charge >= 0.3 is 5.97 Å². The van der Waals surface area contributed by atoms with Crippen LogP contribution in [0.3, 0.4) is 0 Å². The second kappa shape index (κ2) is 8.20. The highest BCUT2D eigenvalue weighted by molar-refractivity contribution is 7.89. The number of furan rings is 1. The highest BCUT2D eigenvalue weighted by Crippen LogP contribution is 2.28. The highest BCUT2D eigenvalue weighted by Gasteiger charge is 2.28. The van der Waals surface area contributed by atoms with Crippen molar-refractivity contribution >= 4 is 39.2 Å². The average molecular weight is 408 g/mol. The topological polar surface area (TPSA) is 106 Å². The molecule has 1 unspecified atom stereocenters. The van der Waals surface area contributed by atoms with Crippen molar-refractivity contribution in [1.82, 2.24) is 4.72 Å². The van der Waals surface area contributed by atoms with Gasteiger partial charge in [-0.05, 0) is 30.2 Å². The summed E-state index contributed by atoms with van der Waals surface area (Å²) >= 11 is 11.9. The third-order valence-electron chi connectivity index (χ3n) is 3.37. The molecule has 0 saturated heterocycles. The maximum Gasteiger partial charge on any atom is 0.373 e. The minimum Gasteiger partial charge on any atom is -0.475 e. The third kappa shape index (κ3) is 4.74. The fourth-order valence-electron chi connectivity index (χ4n) is 2.17.